The molecule has 0 bridgehead atoms. The molecule has 0 aliphatic rings. The predicted octanol–water partition coefficient (Wildman–Crippen LogP) is 3.19. The Kier molecular flexibility index (Phi) is 4.32. The molecule has 0 fully saturated rings. The topological polar surface area (TPSA) is 24.9 Å². The molecule has 0 radical (unpaired) electrons. The van der Waals surface area contributed by atoms with E-state index in [1.807, 2.05) is 13.8 Å². The fraction of sp³-hybridized carbons (Fsp3) is 0.700. The highest BCUT2D eigenvalue weighted by molar-refractivity contribution is 7.11. The Hall–Kier alpha value is -0.620. The standard InChI is InChI=1S/C10H15F3N2S/c1-6(4-10(11,12)13)14-5-9-7(2)15-8(3)16-9/h6,14H,4-5H2,1-3H3. The molecule has 2 nitrogen and oxygen atoms in total. The number of alkyl halides is 3. The van der Waals surface area contributed by atoms with Crippen LogP contribution < -0.4 is 5.32 Å². The van der Waals surface area contributed by atoms with Crippen molar-refractivity contribution in [2.75, 3.05) is 0 Å². The van der Waals surface area contributed by atoms with Crippen molar-refractivity contribution in [1.82, 2.24) is 10.3 Å². The van der Waals surface area contributed by atoms with Gasteiger partial charge in [-0.05, 0) is 20.8 Å². The summed E-state index contributed by atoms with van der Waals surface area (Å²) in [5.41, 5.74) is 0.897. The molecule has 0 aliphatic heterocycles. The fourth-order valence-corrected chi connectivity index (χ4v) is 2.31. The largest absolute Gasteiger partial charge is 0.390 e. The first-order valence-electron chi connectivity index (χ1n) is 5.01. The molecule has 1 rings (SSSR count). The molecule has 1 heterocycles. The molecule has 0 aliphatic carbocycles. The molecular formula is C10H15F3N2S. The number of hydrogen-bond donors (Lipinski definition) is 1. The maximum atomic E-state index is 12.1. The van der Waals surface area contributed by atoms with Gasteiger partial charge in [0.2, 0.25) is 0 Å². The van der Waals surface area contributed by atoms with E-state index < -0.39 is 18.6 Å². The monoisotopic (exact) mass is 252 g/mol. The van der Waals surface area contributed by atoms with Crippen molar-refractivity contribution >= 4 is 11.3 Å². The molecule has 0 saturated carbocycles. The fourth-order valence-electron chi connectivity index (χ4n) is 1.42. The lowest BCUT2D eigenvalue weighted by Crippen LogP contribution is -2.30. The molecule has 6 heteroatoms. The van der Waals surface area contributed by atoms with Gasteiger partial charge in [-0.15, -0.1) is 11.3 Å². The zero-order chi connectivity index (χ0) is 12.3. The van der Waals surface area contributed by atoms with Gasteiger partial charge in [0, 0.05) is 17.5 Å². The van der Waals surface area contributed by atoms with Gasteiger partial charge >= 0.3 is 6.18 Å². The second-order valence-electron chi connectivity index (χ2n) is 3.84. The molecule has 0 spiro atoms. The van der Waals surface area contributed by atoms with E-state index in [0.29, 0.717) is 6.54 Å². The molecule has 0 aromatic carbocycles. The molecular weight excluding hydrogens is 237 g/mol. The average molecular weight is 252 g/mol. The zero-order valence-electron chi connectivity index (χ0n) is 9.48. The summed E-state index contributed by atoms with van der Waals surface area (Å²) in [6.07, 6.45) is -4.91. The average Bonchev–Trinajstić information content (AvgIpc) is 2.38. The Morgan fingerprint density at radius 1 is 1.38 bits per heavy atom. The van der Waals surface area contributed by atoms with E-state index in [1.165, 1.54) is 18.3 Å². The van der Waals surface area contributed by atoms with Gasteiger partial charge in [0.25, 0.3) is 0 Å². The molecule has 1 unspecified atom stereocenters. The van der Waals surface area contributed by atoms with E-state index in [4.69, 9.17) is 0 Å². The van der Waals surface area contributed by atoms with Crippen molar-refractivity contribution in [3.05, 3.63) is 15.6 Å². The van der Waals surface area contributed by atoms with Gasteiger partial charge in [-0.2, -0.15) is 13.2 Å². The number of hydrogen-bond acceptors (Lipinski definition) is 3. The van der Waals surface area contributed by atoms with E-state index in [-0.39, 0.29) is 0 Å². The SMILES string of the molecule is Cc1nc(C)c(CNC(C)CC(F)(F)F)s1. The Bertz CT molecular complexity index is 346. The van der Waals surface area contributed by atoms with Gasteiger partial charge in [-0.25, -0.2) is 4.98 Å². The lowest BCUT2D eigenvalue weighted by molar-refractivity contribution is -0.139. The first-order valence-corrected chi connectivity index (χ1v) is 5.82. The third-order valence-corrected chi connectivity index (χ3v) is 3.22. The van der Waals surface area contributed by atoms with Gasteiger partial charge in [0.1, 0.15) is 0 Å². The summed E-state index contributed by atoms with van der Waals surface area (Å²) in [7, 11) is 0. The second-order valence-corrected chi connectivity index (χ2v) is 5.13. The number of aryl methyl sites for hydroxylation is 2. The molecule has 1 atom stereocenters. The minimum absolute atomic E-state index is 0.453. The number of thiazole rings is 1. The van der Waals surface area contributed by atoms with Crippen molar-refractivity contribution in [1.29, 1.82) is 0 Å². The number of nitrogens with one attached hydrogen (secondary N) is 1. The summed E-state index contributed by atoms with van der Waals surface area (Å²) < 4.78 is 36.2. The number of nitrogens with zero attached hydrogens (tertiary/aromatic N) is 1. The molecule has 1 N–H and O–H groups in total. The number of halogens is 3. The predicted molar refractivity (Wildman–Crippen MR) is 58.6 cm³/mol. The van der Waals surface area contributed by atoms with Crippen molar-refractivity contribution in [3.63, 3.8) is 0 Å². The van der Waals surface area contributed by atoms with Gasteiger partial charge in [-0.1, -0.05) is 0 Å². The van der Waals surface area contributed by atoms with E-state index in [1.54, 1.807) is 0 Å². The number of rotatable bonds is 4. The minimum atomic E-state index is -4.11. The minimum Gasteiger partial charge on any atom is -0.309 e. The van der Waals surface area contributed by atoms with Gasteiger partial charge in [0.15, 0.2) is 0 Å². The Labute approximate surface area is 96.9 Å². The van der Waals surface area contributed by atoms with Crippen LogP contribution >= 0.6 is 11.3 Å². The van der Waals surface area contributed by atoms with Crippen LogP contribution in [0.3, 0.4) is 0 Å². The van der Waals surface area contributed by atoms with Gasteiger partial charge in [0.05, 0.1) is 17.1 Å². The van der Waals surface area contributed by atoms with Crippen LogP contribution in [-0.2, 0) is 6.54 Å². The van der Waals surface area contributed by atoms with Crippen LogP contribution in [0, 0.1) is 13.8 Å². The summed E-state index contributed by atoms with van der Waals surface area (Å²) in [5.74, 6) is 0. The normalized spacial score (nSPS) is 14.1. The summed E-state index contributed by atoms with van der Waals surface area (Å²) >= 11 is 1.52. The van der Waals surface area contributed by atoms with Gasteiger partial charge in [-0.3, -0.25) is 0 Å². The van der Waals surface area contributed by atoms with Crippen LogP contribution in [0.2, 0.25) is 0 Å². The lowest BCUT2D eigenvalue weighted by Gasteiger charge is -2.15. The first kappa shape index (κ1) is 13.4. The van der Waals surface area contributed by atoms with E-state index in [9.17, 15) is 13.2 Å². The molecule has 92 valence electrons. The summed E-state index contributed by atoms with van der Waals surface area (Å²) in [4.78, 5) is 5.23. The highest BCUT2D eigenvalue weighted by Gasteiger charge is 2.29. The lowest BCUT2D eigenvalue weighted by atomic mass is 10.2. The van der Waals surface area contributed by atoms with Crippen molar-refractivity contribution in [2.24, 2.45) is 0 Å². The second kappa shape index (κ2) is 5.14. The van der Waals surface area contributed by atoms with E-state index in [0.717, 1.165) is 15.6 Å². The maximum absolute atomic E-state index is 12.1. The molecule has 16 heavy (non-hydrogen) atoms. The van der Waals surface area contributed by atoms with Crippen molar-refractivity contribution < 1.29 is 13.2 Å². The number of aromatic nitrogens is 1. The molecule has 1 aromatic heterocycles. The van der Waals surface area contributed by atoms with Gasteiger partial charge < -0.3 is 5.32 Å². The van der Waals surface area contributed by atoms with Crippen LogP contribution in [0.4, 0.5) is 13.2 Å². The summed E-state index contributed by atoms with van der Waals surface area (Å²) in [6.45, 7) is 5.75. The van der Waals surface area contributed by atoms with Crippen molar-refractivity contribution in [3.8, 4) is 0 Å². The quantitative estimate of drug-likeness (QED) is 0.890. The summed E-state index contributed by atoms with van der Waals surface area (Å²) in [6, 6.07) is -0.568. The van der Waals surface area contributed by atoms with Crippen LogP contribution in [0.15, 0.2) is 0 Å². The third kappa shape index (κ3) is 4.49. The Morgan fingerprint density at radius 3 is 2.44 bits per heavy atom. The van der Waals surface area contributed by atoms with Crippen LogP contribution in [-0.4, -0.2) is 17.2 Å². The van der Waals surface area contributed by atoms with E-state index in [2.05, 4.69) is 10.3 Å². The first-order chi connectivity index (χ1) is 7.28. The highest BCUT2D eigenvalue weighted by atomic mass is 32.1. The molecule has 0 amide bonds. The van der Waals surface area contributed by atoms with E-state index >= 15 is 0 Å². The van der Waals surface area contributed by atoms with Crippen LogP contribution in [0.25, 0.3) is 0 Å². The Morgan fingerprint density at radius 2 is 2.00 bits per heavy atom. The smallest absolute Gasteiger partial charge is 0.309 e. The summed E-state index contributed by atoms with van der Waals surface area (Å²) in [5, 5.41) is 3.80. The third-order valence-electron chi connectivity index (χ3n) is 2.15. The maximum Gasteiger partial charge on any atom is 0.390 e. The Balaban J connectivity index is 2.43. The zero-order valence-corrected chi connectivity index (χ0v) is 10.3. The molecule has 1 aromatic rings. The van der Waals surface area contributed by atoms with Crippen LogP contribution in [0.1, 0.15) is 28.9 Å². The molecule has 0 saturated heterocycles. The highest BCUT2D eigenvalue weighted by Crippen LogP contribution is 2.22. The van der Waals surface area contributed by atoms with Crippen LogP contribution in [0.5, 0.6) is 0 Å². The van der Waals surface area contributed by atoms with Crippen molar-refractivity contribution in [2.45, 2.75) is 46.0 Å².